The molecule has 0 aliphatic carbocycles. The summed E-state index contributed by atoms with van der Waals surface area (Å²) in [7, 11) is 0. The van der Waals surface area contributed by atoms with Crippen LogP contribution in [-0.4, -0.2) is 84.2 Å². The lowest BCUT2D eigenvalue weighted by molar-refractivity contribution is 0.0137. The van der Waals surface area contributed by atoms with Gasteiger partial charge in [0.25, 0.3) is 0 Å². The number of amides is 1. The molecule has 4 rings (SSSR count). The summed E-state index contributed by atoms with van der Waals surface area (Å²) < 4.78 is 5.55. The second kappa shape index (κ2) is 8.84. The van der Waals surface area contributed by atoms with E-state index in [4.69, 9.17) is 9.73 Å². The smallest absolute Gasteiger partial charge is 0.410 e. The van der Waals surface area contributed by atoms with Crippen LogP contribution in [0.2, 0.25) is 0 Å². The number of rotatable bonds is 4. The van der Waals surface area contributed by atoms with Crippen LogP contribution in [0.1, 0.15) is 45.2 Å². The molecule has 2 atom stereocenters. The van der Waals surface area contributed by atoms with Crippen LogP contribution < -0.4 is 5.32 Å². The van der Waals surface area contributed by atoms with Crippen molar-refractivity contribution in [1.82, 2.24) is 20.0 Å². The molecular weight excluding hydrogens is 378 g/mol. The molecule has 1 amide bonds. The summed E-state index contributed by atoms with van der Waals surface area (Å²) in [6.45, 7) is 11.7. The first-order valence-corrected chi connectivity index (χ1v) is 11.2. The van der Waals surface area contributed by atoms with Gasteiger partial charge in [-0.25, -0.2) is 4.79 Å². The van der Waals surface area contributed by atoms with E-state index in [1.807, 2.05) is 25.7 Å². The number of benzene rings is 1. The van der Waals surface area contributed by atoms with E-state index in [2.05, 4.69) is 45.4 Å². The van der Waals surface area contributed by atoms with Crippen LogP contribution in [0, 0.1) is 0 Å². The summed E-state index contributed by atoms with van der Waals surface area (Å²) in [6.07, 6.45) is 2.33. The standard InChI is InChI=1S/C23H35N5O2/c1-23(2,3)30-22(29)27-13-14-28-19(17-27)15-24-21(28)25-16-20(26-11-7-8-12-26)18-9-5-4-6-10-18/h4-6,9-10,19-20H,7-8,11-17H2,1-3H3,(H,24,25). The van der Waals surface area contributed by atoms with Crippen LogP contribution >= 0.6 is 0 Å². The summed E-state index contributed by atoms with van der Waals surface area (Å²) in [5, 5.41) is 3.64. The predicted octanol–water partition coefficient (Wildman–Crippen LogP) is 2.70. The summed E-state index contributed by atoms with van der Waals surface area (Å²) in [6, 6.07) is 11.4. The Labute approximate surface area is 180 Å². The molecule has 0 bridgehead atoms. The summed E-state index contributed by atoms with van der Waals surface area (Å²) in [4.78, 5) is 23.9. The molecule has 30 heavy (non-hydrogen) atoms. The van der Waals surface area contributed by atoms with Crippen LogP contribution in [0.5, 0.6) is 0 Å². The Morgan fingerprint density at radius 2 is 1.90 bits per heavy atom. The molecule has 0 radical (unpaired) electrons. The average molecular weight is 414 g/mol. The normalized spacial score (nSPS) is 23.2. The van der Waals surface area contributed by atoms with Crippen molar-refractivity contribution in [2.24, 2.45) is 4.99 Å². The Morgan fingerprint density at radius 3 is 2.60 bits per heavy atom. The first kappa shape index (κ1) is 21.0. The van der Waals surface area contributed by atoms with Crippen molar-refractivity contribution in [3.05, 3.63) is 35.9 Å². The zero-order valence-electron chi connectivity index (χ0n) is 18.5. The molecular formula is C23H35N5O2. The average Bonchev–Trinajstić information content (AvgIpc) is 3.38. The van der Waals surface area contributed by atoms with Gasteiger partial charge in [-0.1, -0.05) is 30.3 Å². The van der Waals surface area contributed by atoms with E-state index < -0.39 is 5.60 Å². The fourth-order valence-electron chi connectivity index (χ4n) is 4.60. The summed E-state index contributed by atoms with van der Waals surface area (Å²) in [5.41, 5.74) is 0.895. The van der Waals surface area contributed by atoms with Crippen molar-refractivity contribution in [2.75, 3.05) is 45.8 Å². The SMILES string of the molecule is CC(C)(C)OC(=O)N1CCN2C(NCC(c3ccccc3)N3CCCC3)=NCC2C1. The van der Waals surface area contributed by atoms with E-state index in [-0.39, 0.29) is 12.1 Å². The van der Waals surface area contributed by atoms with Gasteiger partial charge in [-0.05, 0) is 52.3 Å². The van der Waals surface area contributed by atoms with Gasteiger partial charge in [0, 0.05) is 26.2 Å². The topological polar surface area (TPSA) is 60.4 Å². The van der Waals surface area contributed by atoms with Crippen molar-refractivity contribution in [2.45, 2.75) is 51.3 Å². The van der Waals surface area contributed by atoms with E-state index in [1.54, 1.807) is 0 Å². The highest BCUT2D eigenvalue weighted by Gasteiger charge is 2.36. The molecule has 0 saturated carbocycles. The number of carbonyl (C=O) groups excluding carboxylic acids is 1. The van der Waals surface area contributed by atoms with Crippen LogP contribution in [-0.2, 0) is 4.74 Å². The number of ether oxygens (including phenoxy) is 1. The Balaban J connectivity index is 1.34. The molecule has 3 heterocycles. The summed E-state index contributed by atoms with van der Waals surface area (Å²) in [5.74, 6) is 0.976. The Kier molecular flexibility index (Phi) is 6.18. The van der Waals surface area contributed by atoms with Gasteiger partial charge < -0.3 is 19.9 Å². The predicted molar refractivity (Wildman–Crippen MR) is 119 cm³/mol. The highest BCUT2D eigenvalue weighted by Crippen LogP contribution is 2.25. The number of hydrogen-bond donors (Lipinski definition) is 1. The number of carbonyl (C=O) groups is 1. The number of piperazine rings is 1. The van der Waals surface area contributed by atoms with Crippen LogP contribution in [0.15, 0.2) is 35.3 Å². The molecule has 1 aromatic carbocycles. The quantitative estimate of drug-likeness (QED) is 0.822. The first-order valence-electron chi connectivity index (χ1n) is 11.2. The number of guanidine groups is 1. The molecule has 7 heteroatoms. The maximum atomic E-state index is 12.4. The highest BCUT2D eigenvalue weighted by molar-refractivity contribution is 5.82. The largest absolute Gasteiger partial charge is 0.444 e. The summed E-state index contributed by atoms with van der Waals surface area (Å²) >= 11 is 0. The maximum absolute atomic E-state index is 12.4. The van der Waals surface area contributed by atoms with Crippen molar-refractivity contribution < 1.29 is 9.53 Å². The molecule has 0 spiro atoms. The third-order valence-corrected chi connectivity index (χ3v) is 6.08. The van der Waals surface area contributed by atoms with E-state index in [1.165, 1.54) is 18.4 Å². The van der Waals surface area contributed by atoms with E-state index >= 15 is 0 Å². The van der Waals surface area contributed by atoms with Gasteiger partial charge in [0.2, 0.25) is 0 Å². The van der Waals surface area contributed by atoms with Gasteiger partial charge in [0.05, 0.1) is 18.6 Å². The Bertz CT molecular complexity index is 755. The van der Waals surface area contributed by atoms with Crippen molar-refractivity contribution in [3.63, 3.8) is 0 Å². The molecule has 3 aliphatic rings. The van der Waals surface area contributed by atoms with Gasteiger partial charge in [0.1, 0.15) is 5.60 Å². The molecule has 1 N–H and O–H groups in total. The van der Waals surface area contributed by atoms with E-state index in [9.17, 15) is 4.79 Å². The van der Waals surface area contributed by atoms with Crippen LogP contribution in [0.4, 0.5) is 4.79 Å². The number of likely N-dealkylation sites (tertiary alicyclic amines) is 1. The number of nitrogens with one attached hydrogen (secondary N) is 1. The fourth-order valence-corrected chi connectivity index (χ4v) is 4.60. The molecule has 2 fully saturated rings. The van der Waals surface area contributed by atoms with E-state index in [0.29, 0.717) is 19.1 Å². The second-order valence-corrected chi connectivity index (χ2v) is 9.49. The second-order valence-electron chi connectivity index (χ2n) is 9.49. The fraction of sp³-hybridized carbons (Fsp3) is 0.652. The maximum Gasteiger partial charge on any atom is 0.410 e. The third-order valence-electron chi connectivity index (χ3n) is 6.08. The lowest BCUT2D eigenvalue weighted by Crippen LogP contribution is -2.58. The molecule has 0 aromatic heterocycles. The zero-order chi connectivity index (χ0) is 21.1. The van der Waals surface area contributed by atoms with Gasteiger partial charge >= 0.3 is 6.09 Å². The highest BCUT2D eigenvalue weighted by atomic mass is 16.6. The molecule has 164 valence electrons. The number of hydrogen-bond acceptors (Lipinski definition) is 6. The third kappa shape index (κ3) is 4.89. The van der Waals surface area contributed by atoms with Crippen LogP contribution in [0.3, 0.4) is 0 Å². The van der Waals surface area contributed by atoms with Crippen molar-refractivity contribution in [3.8, 4) is 0 Å². The lowest BCUT2D eigenvalue weighted by atomic mass is 10.1. The minimum atomic E-state index is -0.463. The Hall–Kier alpha value is -2.28. The minimum absolute atomic E-state index is 0.221. The number of aliphatic imine (C=N–C) groups is 1. The van der Waals surface area contributed by atoms with E-state index in [0.717, 1.165) is 38.7 Å². The monoisotopic (exact) mass is 413 g/mol. The van der Waals surface area contributed by atoms with Crippen LogP contribution in [0.25, 0.3) is 0 Å². The first-order chi connectivity index (χ1) is 14.4. The van der Waals surface area contributed by atoms with Crippen molar-refractivity contribution in [1.29, 1.82) is 0 Å². The van der Waals surface area contributed by atoms with Gasteiger partial charge in [-0.15, -0.1) is 0 Å². The van der Waals surface area contributed by atoms with Gasteiger partial charge in [-0.3, -0.25) is 9.89 Å². The molecule has 7 nitrogen and oxygen atoms in total. The molecule has 2 saturated heterocycles. The number of nitrogens with zero attached hydrogens (tertiary/aromatic N) is 4. The van der Waals surface area contributed by atoms with Crippen molar-refractivity contribution >= 4 is 12.1 Å². The molecule has 3 aliphatic heterocycles. The molecule has 1 aromatic rings. The van der Waals surface area contributed by atoms with Gasteiger partial charge in [-0.2, -0.15) is 0 Å². The number of fused-ring (bicyclic) bond motifs is 1. The Morgan fingerprint density at radius 1 is 1.17 bits per heavy atom. The lowest BCUT2D eigenvalue weighted by Gasteiger charge is -2.39. The minimum Gasteiger partial charge on any atom is -0.444 e. The molecule has 2 unspecified atom stereocenters. The van der Waals surface area contributed by atoms with Gasteiger partial charge in [0.15, 0.2) is 5.96 Å². The zero-order valence-corrected chi connectivity index (χ0v) is 18.5.